The summed E-state index contributed by atoms with van der Waals surface area (Å²) in [6.07, 6.45) is 1.35. The van der Waals surface area contributed by atoms with Crippen LogP contribution in [0.4, 0.5) is 0 Å². The van der Waals surface area contributed by atoms with Gasteiger partial charge in [-0.05, 0) is 37.1 Å². The number of piperidine rings is 1. The first kappa shape index (κ1) is 14.1. The predicted octanol–water partition coefficient (Wildman–Crippen LogP) is 2.47. The maximum atomic E-state index is 12.3. The number of nitrogens with zero attached hydrogens (tertiary/aromatic N) is 1. The monoisotopic (exact) mass is 325 g/mol. The van der Waals surface area contributed by atoms with Crippen LogP contribution in [0.15, 0.2) is 28.7 Å². The summed E-state index contributed by atoms with van der Waals surface area (Å²) in [6.45, 7) is 1.21. The zero-order chi connectivity index (χ0) is 13.8. The van der Waals surface area contributed by atoms with Crippen LogP contribution in [0.2, 0.25) is 0 Å². The van der Waals surface area contributed by atoms with Gasteiger partial charge in [-0.3, -0.25) is 9.59 Å². The molecule has 1 aliphatic heterocycles. The van der Waals surface area contributed by atoms with Gasteiger partial charge < -0.3 is 9.64 Å². The minimum Gasteiger partial charge on any atom is -0.469 e. The van der Waals surface area contributed by atoms with Gasteiger partial charge in [0.15, 0.2) is 0 Å². The van der Waals surface area contributed by atoms with E-state index in [9.17, 15) is 9.59 Å². The topological polar surface area (TPSA) is 46.6 Å². The van der Waals surface area contributed by atoms with E-state index in [1.165, 1.54) is 7.11 Å². The second kappa shape index (κ2) is 6.19. The molecule has 0 aliphatic carbocycles. The van der Waals surface area contributed by atoms with Crippen LogP contribution in [-0.4, -0.2) is 37.0 Å². The summed E-state index contributed by atoms with van der Waals surface area (Å²) in [7, 11) is 1.40. The lowest BCUT2D eigenvalue weighted by atomic mass is 9.96. The fourth-order valence-corrected chi connectivity index (χ4v) is 2.52. The summed E-state index contributed by atoms with van der Waals surface area (Å²) < 4.78 is 5.69. The van der Waals surface area contributed by atoms with E-state index in [0.717, 1.165) is 4.47 Å². The molecule has 1 aromatic carbocycles. The van der Waals surface area contributed by atoms with E-state index < -0.39 is 0 Å². The number of carbonyl (C=O) groups is 2. The summed E-state index contributed by atoms with van der Waals surface area (Å²) in [4.78, 5) is 25.5. The Labute approximate surface area is 120 Å². The van der Waals surface area contributed by atoms with Gasteiger partial charge in [-0.1, -0.05) is 15.9 Å². The van der Waals surface area contributed by atoms with Gasteiger partial charge in [-0.2, -0.15) is 0 Å². The van der Waals surface area contributed by atoms with E-state index in [0.29, 0.717) is 31.5 Å². The van der Waals surface area contributed by atoms with Crippen molar-refractivity contribution in [3.63, 3.8) is 0 Å². The second-order valence-corrected chi connectivity index (χ2v) is 5.51. The van der Waals surface area contributed by atoms with Crippen molar-refractivity contribution in [2.45, 2.75) is 12.8 Å². The number of benzene rings is 1. The standard InChI is InChI=1S/C14H16BrNO3/c1-19-14(18)11-6-8-16(9-7-11)13(17)10-2-4-12(15)5-3-10/h2-5,11H,6-9H2,1H3. The molecule has 0 atom stereocenters. The fourth-order valence-electron chi connectivity index (χ4n) is 2.26. The summed E-state index contributed by atoms with van der Waals surface area (Å²) >= 11 is 3.35. The molecular formula is C14H16BrNO3. The predicted molar refractivity (Wildman–Crippen MR) is 74.8 cm³/mol. The molecule has 0 radical (unpaired) electrons. The maximum absolute atomic E-state index is 12.3. The molecule has 1 aliphatic rings. The third-order valence-corrected chi connectivity index (χ3v) is 3.94. The highest BCUT2D eigenvalue weighted by Gasteiger charge is 2.28. The number of rotatable bonds is 2. The van der Waals surface area contributed by atoms with Crippen molar-refractivity contribution >= 4 is 27.8 Å². The van der Waals surface area contributed by atoms with Crippen molar-refractivity contribution < 1.29 is 14.3 Å². The first-order chi connectivity index (χ1) is 9.11. The third kappa shape index (κ3) is 3.35. The van der Waals surface area contributed by atoms with Gasteiger partial charge in [0.05, 0.1) is 13.0 Å². The Morgan fingerprint density at radius 3 is 2.32 bits per heavy atom. The molecule has 0 unspecified atom stereocenters. The van der Waals surface area contributed by atoms with Crippen LogP contribution in [0.5, 0.6) is 0 Å². The van der Waals surface area contributed by atoms with Crippen LogP contribution in [0.1, 0.15) is 23.2 Å². The SMILES string of the molecule is COC(=O)C1CCN(C(=O)c2ccc(Br)cc2)CC1. The average molecular weight is 326 g/mol. The Balaban J connectivity index is 1.96. The number of likely N-dealkylation sites (tertiary alicyclic amines) is 1. The van der Waals surface area contributed by atoms with Gasteiger partial charge in [0.25, 0.3) is 5.91 Å². The van der Waals surface area contributed by atoms with Crippen LogP contribution in [-0.2, 0) is 9.53 Å². The molecule has 4 nitrogen and oxygen atoms in total. The zero-order valence-electron chi connectivity index (χ0n) is 10.8. The number of amides is 1. The van der Waals surface area contributed by atoms with E-state index in [2.05, 4.69) is 15.9 Å². The van der Waals surface area contributed by atoms with Crippen LogP contribution < -0.4 is 0 Å². The minimum absolute atomic E-state index is 0.0239. The molecular weight excluding hydrogens is 310 g/mol. The van der Waals surface area contributed by atoms with E-state index in [4.69, 9.17) is 4.74 Å². The average Bonchev–Trinajstić information content (AvgIpc) is 2.46. The first-order valence-electron chi connectivity index (χ1n) is 6.24. The molecule has 0 spiro atoms. The molecule has 0 saturated carbocycles. The number of methoxy groups -OCH3 is 1. The Hall–Kier alpha value is -1.36. The van der Waals surface area contributed by atoms with Crippen LogP contribution in [0.25, 0.3) is 0 Å². The van der Waals surface area contributed by atoms with Gasteiger partial charge in [0.2, 0.25) is 0 Å². The third-order valence-electron chi connectivity index (χ3n) is 3.41. The molecule has 1 saturated heterocycles. The Morgan fingerprint density at radius 2 is 1.79 bits per heavy atom. The van der Waals surface area contributed by atoms with E-state index in [-0.39, 0.29) is 17.8 Å². The lowest BCUT2D eigenvalue weighted by molar-refractivity contribution is -0.146. The fraction of sp³-hybridized carbons (Fsp3) is 0.429. The van der Waals surface area contributed by atoms with Gasteiger partial charge in [-0.25, -0.2) is 0 Å². The number of hydrogen-bond donors (Lipinski definition) is 0. The summed E-state index contributed by atoms with van der Waals surface area (Å²) in [5.74, 6) is -0.217. The molecule has 0 aromatic heterocycles. The van der Waals surface area contributed by atoms with Crippen molar-refractivity contribution in [3.05, 3.63) is 34.3 Å². The molecule has 1 fully saturated rings. The lowest BCUT2D eigenvalue weighted by Crippen LogP contribution is -2.40. The molecule has 1 heterocycles. The number of hydrogen-bond acceptors (Lipinski definition) is 3. The lowest BCUT2D eigenvalue weighted by Gasteiger charge is -2.30. The van der Waals surface area contributed by atoms with Crippen molar-refractivity contribution in [2.75, 3.05) is 20.2 Å². The quantitative estimate of drug-likeness (QED) is 0.785. The number of halogens is 1. The Kier molecular flexibility index (Phi) is 4.58. The number of carbonyl (C=O) groups excluding carboxylic acids is 2. The highest BCUT2D eigenvalue weighted by atomic mass is 79.9. The van der Waals surface area contributed by atoms with Crippen LogP contribution >= 0.6 is 15.9 Å². The highest BCUT2D eigenvalue weighted by Crippen LogP contribution is 2.20. The smallest absolute Gasteiger partial charge is 0.308 e. The van der Waals surface area contributed by atoms with Gasteiger partial charge in [-0.15, -0.1) is 0 Å². The molecule has 1 aromatic rings. The molecule has 1 amide bonds. The van der Waals surface area contributed by atoms with E-state index in [1.807, 2.05) is 12.1 Å². The first-order valence-corrected chi connectivity index (χ1v) is 7.04. The van der Waals surface area contributed by atoms with Gasteiger partial charge in [0.1, 0.15) is 0 Å². The second-order valence-electron chi connectivity index (χ2n) is 4.60. The van der Waals surface area contributed by atoms with E-state index >= 15 is 0 Å². The Morgan fingerprint density at radius 1 is 1.21 bits per heavy atom. The molecule has 19 heavy (non-hydrogen) atoms. The van der Waals surface area contributed by atoms with Crippen LogP contribution in [0, 0.1) is 5.92 Å². The molecule has 0 N–H and O–H groups in total. The number of ether oxygens (including phenoxy) is 1. The van der Waals surface area contributed by atoms with Crippen LogP contribution in [0.3, 0.4) is 0 Å². The van der Waals surface area contributed by atoms with Crippen molar-refractivity contribution in [1.29, 1.82) is 0 Å². The molecule has 102 valence electrons. The minimum atomic E-state index is -0.171. The zero-order valence-corrected chi connectivity index (χ0v) is 12.4. The molecule has 5 heteroatoms. The normalized spacial score (nSPS) is 16.2. The van der Waals surface area contributed by atoms with Crippen molar-refractivity contribution in [2.24, 2.45) is 5.92 Å². The maximum Gasteiger partial charge on any atom is 0.308 e. The van der Waals surface area contributed by atoms with Crippen molar-refractivity contribution in [1.82, 2.24) is 4.90 Å². The number of esters is 1. The largest absolute Gasteiger partial charge is 0.469 e. The summed E-state index contributed by atoms with van der Waals surface area (Å²) in [6, 6.07) is 7.32. The highest BCUT2D eigenvalue weighted by molar-refractivity contribution is 9.10. The summed E-state index contributed by atoms with van der Waals surface area (Å²) in [5.41, 5.74) is 0.680. The van der Waals surface area contributed by atoms with Crippen molar-refractivity contribution in [3.8, 4) is 0 Å². The van der Waals surface area contributed by atoms with E-state index in [1.54, 1.807) is 17.0 Å². The van der Waals surface area contributed by atoms with Gasteiger partial charge in [0, 0.05) is 23.1 Å². The van der Waals surface area contributed by atoms with Gasteiger partial charge >= 0.3 is 5.97 Å². The molecule has 2 rings (SSSR count). The summed E-state index contributed by atoms with van der Waals surface area (Å²) in [5, 5.41) is 0. The Bertz CT molecular complexity index is 464. The molecule has 0 bridgehead atoms.